The van der Waals surface area contributed by atoms with Gasteiger partial charge in [-0.2, -0.15) is 5.26 Å². The number of rotatable bonds is 9. The maximum Gasteiger partial charge on any atom is 0.233 e. The number of hydrogen-bond donors (Lipinski definition) is 1. The topological polar surface area (TPSA) is 70.0 Å². The van der Waals surface area contributed by atoms with Crippen molar-refractivity contribution in [3.8, 4) is 6.07 Å². The summed E-state index contributed by atoms with van der Waals surface area (Å²) in [5.41, 5.74) is 0. The van der Waals surface area contributed by atoms with Crippen molar-refractivity contribution in [3.05, 3.63) is 12.0 Å². The Morgan fingerprint density at radius 3 is 2.40 bits per heavy atom. The van der Waals surface area contributed by atoms with Gasteiger partial charge in [0.25, 0.3) is 0 Å². The average Bonchev–Trinajstić information content (AvgIpc) is 2.22. The third-order valence-corrected chi connectivity index (χ3v) is 3.03. The highest BCUT2D eigenvalue weighted by molar-refractivity contribution is 7.92. The second kappa shape index (κ2) is 8.45. The van der Waals surface area contributed by atoms with Gasteiger partial charge in [0.1, 0.15) is 0 Å². The minimum absolute atomic E-state index is 0.465. The number of unbranched alkanes of at least 4 members (excludes halogenated alkanes) is 5. The van der Waals surface area contributed by atoms with Gasteiger partial charge < -0.3 is 0 Å². The van der Waals surface area contributed by atoms with Crippen LogP contribution in [0.5, 0.6) is 0 Å². The molecule has 0 spiro atoms. The molecule has 0 aliphatic heterocycles. The van der Waals surface area contributed by atoms with E-state index in [4.69, 9.17) is 5.26 Å². The van der Waals surface area contributed by atoms with Gasteiger partial charge in [0.2, 0.25) is 10.0 Å². The fourth-order valence-corrected chi connectivity index (χ4v) is 1.68. The van der Waals surface area contributed by atoms with E-state index in [-0.39, 0.29) is 0 Å². The number of sulfonamides is 1. The molecule has 0 saturated carbocycles. The molecule has 0 rings (SSSR count). The summed E-state index contributed by atoms with van der Waals surface area (Å²) in [7, 11) is -3.25. The van der Waals surface area contributed by atoms with Crippen molar-refractivity contribution in [1.29, 1.82) is 5.26 Å². The van der Waals surface area contributed by atoms with Crippen LogP contribution < -0.4 is 4.72 Å². The molecular formula is C10H18N2O2S. The molecule has 0 unspecified atom stereocenters. The standard InChI is InChI=1S/C10H18N2O2S/c1-2-15(13,14)12-10-8-6-4-3-5-7-9-11/h2,12H,1,3-8,10H2. The molecule has 0 bridgehead atoms. The summed E-state index contributed by atoms with van der Waals surface area (Å²) in [4.78, 5) is 0. The van der Waals surface area contributed by atoms with Gasteiger partial charge in [-0.15, -0.1) is 0 Å². The van der Waals surface area contributed by atoms with Crippen molar-refractivity contribution in [2.24, 2.45) is 0 Å². The third-order valence-electron chi connectivity index (χ3n) is 1.99. The van der Waals surface area contributed by atoms with Gasteiger partial charge >= 0.3 is 0 Å². The Morgan fingerprint density at radius 2 is 1.80 bits per heavy atom. The zero-order valence-corrected chi connectivity index (χ0v) is 9.72. The Balaban J connectivity index is 3.26. The van der Waals surface area contributed by atoms with Crippen LogP contribution >= 0.6 is 0 Å². The first-order chi connectivity index (χ1) is 7.12. The molecule has 1 N–H and O–H groups in total. The van der Waals surface area contributed by atoms with Crippen LogP contribution in [0.3, 0.4) is 0 Å². The first-order valence-electron chi connectivity index (χ1n) is 5.11. The Labute approximate surface area is 92.0 Å². The SMILES string of the molecule is C=CS(=O)(=O)NCCCCCCCC#N. The van der Waals surface area contributed by atoms with Crippen molar-refractivity contribution in [1.82, 2.24) is 4.72 Å². The quantitative estimate of drug-likeness (QED) is 0.615. The van der Waals surface area contributed by atoms with Crippen molar-refractivity contribution < 1.29 is 8.42 Å². The Bertz CT molecular complexity index is 304. The normalized spacial score (nSPS) is 10.9. The van der Waals surface area contributed by atoms with Crippen molar-refractivity contribution in [2.45, 2.75) is 38.5 Å². The fraction of sp³-hybridized carbons (Fsp3) is 0.700. The van der Waals surface area contributed by atoms with Gasteiger partial charge in [0, 0.05) is 18.4 Å². The molecule has 0 aromatic rings. The smallest absolute Gasteiger partial charge is 0.212 e. The molecule has 0 aliphatic carbocycles. The third kappa shape index (κ3) is 9.44. The monoisotopic (exact) mass is 230 g/mol. The summed E-state index contributed by atoms with van der Waals surface area (Å²) in [5, 5.41) is 9.20. The molecule has 5 heteroatoms. The van der Waals surface area contributed by atoms with E-state index in [0.29, 0.717) is 13.0 Å². The second-order valence-corrected chi connectivity index (χ2v) is 4.99. The molecule has 15 heavy (non-hydrogen) atoms. The van der Waals surface area contributed by atoms with Crippen LogP contribution in [0.1, 0.15) is 38.5 Å². The molecule has 0 heterocycles. The highest BCUT2D eigenvalue weighted by Crippen LogP contribution is 2.04. The van der Waals surface area contributed by atoms with Crippen LogP contribution in [0.4, 0.5) is 0 Å². The predicted octanol–water partition coefficient (Wildman–Crippen LogP) is 1.91. The summed E-state index contributed by atoms with van der Waals surface area (Å²) in [5.74, 6) is 0. The molecule has 86 valence electrons. The Hall–Kier alpha value is -0.860. The first-order valence-corrected chi connectivity index (χ1v) is 6.66. The van der Waals surface area contributed by atoms with E-state index in [1.807, 2.05) is 0 Å². The van der Waals surface area contributed by atoms with E-state index in [0.717, 1.165) is 37.5 Å². The molecule has 0 atom stereocenters. The second-order valence-electron chi connectivity index (χ2n) is 3.28. The Kier molecular flexibility index (Phi) is 7.96. The summed E-state index contributed by atoms with van der Waals surface area (Å²) in [6, 6.07) is 2.09. The molecule has 0 aliphatic rings. The van der Waals surface area contributed by atoms with Gasteiger partial charge in [0.05, 0.1) is 6.07 Å². The lowest BCUT2D eigenvalue weighted by Crippen LogP contribution is -2.21. The highest BCUT2D eigenvalue weighted by atomic mass is 32.2. The van der Waals surface area contributed by atoms with Gasteiger partial charge in [-0.3, -0.25) is 0 Å². The lowest BCUT2D eigenvalue weighted by atomic mass is 10.1. The molecule has 0 saturated heterocycles. The minimum atomic E-state index is -3.25. The summed E-state index contributed by atoms with van der Waals surface area (Å²) >= 11 is 0. The van der Waals surface area contributed by atoms with E-state index in [1.54, 1.807) is 0 Å². The first kappa shape index (κ1) is 14.1. The van der Waals surface area contributed by atoms with Crippen LogP contribution in [-0.2, 0) is 10.0 Å². The Morgan fingerprint density at radius 1 is 1.20 bits per heavy atom. The van der Waals surface area contributed by atoms with Gasteiger partial charge in [-0.1, -0.05) is 25.8 Å². The molecule has 0 fully saturated rings. The maximum atomic E-state index is 10.9. The van der Waals surface area contributed by atoms with E-state index in [2.05, 4.69) is 17.4 Å². The molecule has 0 radical (unpaired) electrons. The van der Waals surface area contributed by atoms with Crippen LogP contribution in [0, 0.1) is 11.3 Å². The molecule has 0 aromatic heterocycles. The number of nitrogens with one attached hydrogen (secondary N) is 1. The van der Waals surface area contributed by atoms with Crippen molar-refractivity contribution >= 4 is 10.0 Å². The molecule has 0 amide bonds. The lowest BCUT2D eigenvalue weighted by Gasteiger charge is -2.02. The van der Waals surface area contributed by atoms with Gasteiger partial charge in [-0.25, -0.2) is 13.1 Å². The largest absolute Gasteiger partial charge is 0.233 e. The zero-order chi connectivity index (χ0) is 11.6. The molecule has 4 nitrogen and oxygen atoms in total. The average molecular weight is 230 g/mol. The molecule has 0 aromatic carbocycles. The number of nitriles is 1. The zero-order valence-electron chi connectivity index (χ0n) is 8.91. The van der Waals surface area contributed by atoms with E-state index < -0.39 is 10.0 Å². The summed E-state index contributed by atoms with van der Waals surface area (Å²) in [6.07, 6.45) is 5.47. The number of nitrogens with zero attached hydrogens (tertiary/aromatic N) is 1. The van der Waals surface area contributed by atoms with Crippen LogP contribution in [0.25, 0.3) is 0 Å². The van der Waals surface area contributed by atoms with Crippen molar-refractivity contribution in [3.63, 3.8) is 0 Å². The van der Waals surface area contributed by atoms with E-state index in [9.17, 15) is 8.42 Å². The summed E-state index contributed by atoms with van der Waals surface area (Å²) < 4.78 is 24.2. The van der Waals surface area contributed by atoms with Crippen LogP contribution in [0.15, 0.2) is 12.0 Å². The summed E-state index contributed by atoms with van der Waals surface area (Å²) in [6.45, 7) is 3.66. The fourth-order valence-electron chi connectivity index (χ4n) is 1.13. The van der Waals surface area contributed by atoms with Crippen molar-refractivity contribution in [2.75, 3.05) is 6.54 Å². The molecular weight excluding hydrogens is 212 g/mol. The van der Waals surface area contributed by atoms with Crippen LogP contribution in [0.2, 0.25) is 0 Å². The van der Waals surface area contributed by atoms with Crippen LogP contribution in [-0.4, -0.2) is 15.0 Å². The predicted molar refractivity (Wildman–Crippen MR) is 60.4 cm³/mol. The van der Waals surface area contributed by atoms with Gasteiger partial charge in [0.15, 0.2) is 0 Å². The maximum absolute atomic E-state index is 10.9. The van der Waals surface area contributed by atoms with E-state index in [1.165, 1.54) is 0 Å². The highest BCUT2D eigenvalue weighted by Gasteiger charge is 2.01. The lowest BCUT2D eigenvalue weighted by molar-refractivity contribution is 0.577. The van der Waals surface area contributed by atoms with Gasteiger partial charge in [-0.05, 0) is 12.8 Å². The number of hydrogen-bond acceptors (Lipinski definition) is 3. The van der Waals surface area contributed by atoms with E-state index >= 15 is 0 Å². The minimum Gasteiger partial charge on any atom is -0.212 e.